The highest BCUT2D eigenvalue weighted by Gasteiger charge is 2.07. The highest BCUT2D eigenvalue weighted by Crippen LogP contribution is 2.21. The maximum Gasteiger partial charge on any atom is 0.0933 e. The second-order valence-electron chi connectivity index (χ2n) is 3.35. The molecule has 1 rings (SSSR count). The molecule has 1 aromatic rings. The van der Waals surface area contributed by atoms with Gasteiger partial charge in [-0.15, -0.1) is 22.9 Å². The SMILES string of the molecule is Cc1nc(CC(C)C)sc1CCl. The van der Waals surface area contributed by atoms with Gasteiger partial charge in [-0.1, -0.05) is 13.8 Å². The van der Waals surface area contributed by atoms with Crippen molar-refractivity contribution in [1.29, 1.82) is 0 Å². The van der Waals surface area contributed by atoms with Crippen LogP contribution < -0.4 is 0 Å². The van der Waals surface area contributed by atoms with E-state index < -0.39 is 0 Å². The minimum absolute atomic E-state index is 0.599. The summed E-state index contributed by atoms with van der Waals surface area (Å²) in [6.45, 7) is 6.44. The van der Waals surface area contributed by atoms with Gasteiger partial charge in [0.15, 0.2) is 0 Å². The largest absolute Gasteiger partial charge is 0.246 e. The van der Waals surface area contributed by atoms with E-state index in [4.69, 9.17) is 11.6 Å². The first kappa shape index (κ1) is 10.0. The van der Waals surface area contributed by atoms with E-state index >= 15 is 0 Å². The minimum atomic E-state index is 0.599. The van der Waals surface area contributed by atoms with Crippen LogP contribution in [0.15, 0.2) is 0 Å². The third-order valence-corrected chi connectivity index (χ3v) is 3.25. The van der Waals surface area contributed by atoms with Gasteiger partial charge < -0.3 is 0 Å². The summed E-state index contributed by atoms with van der Waals surface area (Å²) in [6, 6.07) is 0. The summed E-state index contributed by atoms with van der Waals surface area (Å²) < 4.78 is 0. The van der Waals surface area contributed by atoms with Crippen LogP contribution in [0, 0.1) is 12.8 Å². The van der Waals surface area contributed by atoms with Gasteiger partial charge >= 0.3 is 0 Å². The molecule has 0 spiro atoms. The second kappa shape index (κ2) is 4.24. The molecule has 0 atom stereocenters. The number of hydrogen-bond acceptors (Lipinski definition) is 2. The standard InChI is InChI=1S/C9H14ClNS/c1-6(2)4-9-11-7(3)8(5-10)12-9/h6H,4-5H2,1-3H3. The Morgan fingerprint density at radius 2 is 2.17 bits per heavy atom. The first-order valence-corrected chi connectivity index (χ1v) is 5.49. The monoisotopic (exact) mass is 203 g/mol. The number of hydrogen-bond donors (Lipinski definition) is 0. The summed E-state index contributed by atoms with van der Waals surface area (Å²) in [5.74, 6) is 1.28. The molecule has 1 heterocycles. The van der Waals surface area contributed by atoms with Crippen LogP contribution in [0.5, 0.6) is 0 Å². The Kier molecular flexibility index (Phi) is 3.53. The number of rotatable bonds is 3. The van der Waals surface area contributed by atoms with Gasteiger partial charge in [0, 0.05) is 11.3 Å². The fourth-order valence-corrected chi connectivity index (χ4v) is 2.54. The second-order valence-corrected chi connectivity index (χ2v) is 4.78. The molecule has 0 aliphatic carbocycles. The number of alkyl halides is 1. The van der Waals surface area contributed by atoms with Gasteiger partial charge in [-0.05, 0) is 12.8 Å². The first-order valence-electron chi connectivity index (χ1n) is 4.14. The van der Waals surface area contributed by atoms with Crippen LogP contribution in [0.4, 0.5) is 0 Å². The summed E-state index contributed by atoms with van der Waals surface area (Å²) >= 11 is 7.50. The van der Waals surface area contributed by atoms with Crippen molar-refractivity contribution in [2.75, 3.05) is 0 Å². The number of halogens is 1. The van der Waals surface area contributed by atoms with Gasteiger partial charge in [-0.3, -0.25) is 0 Å². The van der Waals surface area contributed by atoms with Crippen LogP contribution in [-0.4, -0.2) is 4.98 Å². The highest BCUT2D eigenvalue weighted by molar-refractivity contribution is 7.11. The van der Waals surface area contributed by atoms with Crippen LogP contribution in [0.2, 0.25) is 0 Å². The van der Waals surface area contributed by atoms with Crippen LogP contribution in [0.1, 0.15) is 29.4 Å². The van der Waals surface area contributed by atoms with Crippen molar-refractivity contribution in [2.24, 2.45) is 5.92 Å². The number of aryl methyl sites for hydroxylation is 1. The summed E-state index contributed by atoms with van der Waals surface area (Å²) in [6.07, 6.45) is 1.07. The van der Waals surface area contributed by atoms with Gasteiger partial charge in [0.05, 0.1) is 16.6 Å². The Morgan fingerprint density at radius 1 is 1.50 bits per heavy atom. The molecular formula is C9H14ClNS. The summed E-state index contributed by atoms with van der Waals surface area (Å²) in [5.41, 5.74) is 1.10. The number of nitrogens with zero attached hydrogens (tertiary/aromatic N) is 1. The summed E-state index contributed by atoms with van der Waals surface area (Å²) in [7, 11) is 0. The van der Waals surface area contributed by atoms with Crippen molar-refractivity contribution < 1.29 is 0 Å². The van der Waals surface area contributed by atoms with Crippen LogP contribution >= 0.6 is 22.9 Å². The van der Waals surface area contributed by atoms with Crippen molar-refractivity contribution in [1.82, 2.24) is 4.98 Å². The third-order valence-electron chi connectivity index (χ3n) is 1.64. The zero-order valence-corrected chi connectivity index (χ0v) is 9.30. The Labute approximate surface area is 82.8 Å². The molecule has 0 radical (unpaired) electrons. The summed E-state index contributed by atoms with van der Waals surface area (Å²) in [4.78, 5) is 5.67. The minimum Gasteiger partial charge on any atom is -0.246 e. The molecule has 0 amide bonds. The normalized spacial score (nSPS) is 11.1. The van der Waals surface area contributed by atoms with Gasteiger partial charge in [0.1, 0.15) is 0 Å². The van der Waals surface area contributed by atoms with Crippen LogP contribution in [0.3, 0.4) is 0 Å². The van der Waals surface area contributed by atoms with Crippen molar-refractivity contribution in [3.05, 3.63) is 15.6 Å². The lowest BCUT2D eigenvalue weighted by molar-refractivity contribution is 0.643. The Bertz CT molecular complexity index is 255. The topological polar surface area (TPSA) is 12.9 Å². The van der Waals surface area contributed by atoms with E-state index in [1.165, 1.54) is 9.88 Å². The Hall–Kier alpha value is -0.0800. The fraction of sp³-hybridized carbons (Fsp3) is 0.667. The Balaban J connectivity index is 2.75. The zero-order valence-electron chi connectivity index (χ0n) is 7.72. The van der Waals surface area contributed by atoms with Crippen LogP contribution in [0.25, 0.3) is 0 Å². The van der Waals surface area contributed by atoms with E-state index in [1.807, 2.05) is 6.92 Å². The number of thiazole rings is 1. The average Bonchev–Trinajstić information content (AvgIpc) is 2.29. The maximum atomic E-state index is 5.75. The average molecular weight is 204 g/mol. The Morgan fingerprint density at radius 3 is 2.58 bits per heavy atom. The van der Waals surface area contributed by atoms with Gasteiger partial charge in [0.2, 0.25) is 0 Å². The molecule has 3 heteroatoms. The fourth-order valence-electron chi connectivity index (χ4n) is 1.05. The highest BCUT2D eigenvalue weighted by atomic mass is 35.5. The molecule has 1 aromatic heterocycles. The van der Waals surface area contributed by atoms with Crippen molar-refractivity contribution in [3.8, 4) is 0 Å². The molecule has 1 nitrogen and oxygen atoms in total. The zero-order chi connectivity index (χ0) is 9.14. The maximum absolute atomic E-state index is 5.75. The van der Waals surface area contributed by atoms with Gasteiger partial charge in [-0.2, -0.15) is 0 Å². The molecule has 68 valence electrons. The van der Waals surface area contributed by atoms with E-state index in [0.717, 1.165) is 12.1 Å². The molecule has 0 aliphatic heterocycles. The first-order chi connectivity index (χ1) is 5.63. The van der Waals surface area contributed by atoms with Crippen molar-refractivity contribution in [2.45, 2.75) is 33.1 Å². The molecule has 0 N–H and O–H groups in total. The lowest BCUT2D eigenvalue weighted by Gasteiger charge is -1.97. The predicted molar refractivity (Wildman–Crippen MR) is 55.0 cm³/mol. The van der Waals surface area contributed by atoms with Crippen molar-refractivity contribution >= 4 is 22.9 Å². The molecule has 0 bridgehead atoms. The molecule has 0 aliphatic rings. The van der Waals surface area contributed by atoms with Gasteiger partial charge in [-0.25, -0.2) is 4.98 Å². The molecule has 0 fully saturated rings. The van der Waals surface area contributed by atoms with E-state index in [9.17, 15) is 0 Å². The molecule has 0 saturated heterocycles. The van der Waals surface area contributed by atoms with E-state index in [0.29, 0.717) is 11.8 Å². The van der Waals surface area contributed by atoms with Crippen LogP contribution in [-0.2, 0) is 12.3 Å². The summed E-state index contributed by atoms with van der Waals surface area (Å²) in [5, 5.41) is 1.22. The van der Waals surface area contributed by atoms with E-state index in [2.05, 4.69) is 18.8 Å². The number of aromatic nitrogens is 1. The molecule has 0 unspecified atom stereocenters. The predicted octanol–water partition coefficient (Wildman–Crippen LogP) is 3.39. The van der Waals surface area contributed by atoms with Crippen molar-refractivity contribution in [3.63, 3.8) is 0 Å². The molecule has 12 heavy (non-hydrogen) atoms. The smallest absolute Gasteiger partial charge is 0.0933 e. The lowest BCUT2D eigenvalue weighted by atomic mass is 10.1. The lowest BCUT2D eigenvalue weighted by Crippen LogP contribution is -1.92. The quantitative estimate of drug-likeness (QED) is 0.687. The van der Waals surface area contributed by atoms with E-state index in [-0.39, 0.29) is 0 Å². The van der Waals surface area contributed by atoms with Gasteiger partial charge in [0.25, 0.3) is 0 Å². The molecular weight excluding hydrogens is 190 g/mol. The van der Waals surface area contributed by atoms with E-state index in [1.54, 1.807) is 11.3 Å². The third kappa shape index (κ3) is 2.46. The molecule has 0 saturated carbocycles. The molecule has 0 aromatic carbocycles.